The molecule has 0 saturated heterocycles. The Morgan fingerprint density at radius 3 is 2.35 bits per heavy atom. The number of aromatic nitrogens is 3. The van der Waals surface area contributed by atoms with Crippen LogP contribution in [0.15, 0.2) is 14.7 Å². The van der Waals surface area contributed by atoms with Gasteiger partial charge >= 0.3 is 17.2 Å². The minimum absolute atomic E-state index is 0.221. The summed E-state index contributed by atoms with van der Waals surface area (Å²) in [6.07, 6.45) is -9.69. The van der Waals surface area contributed by atoms with Crippen molar-refractivity contribution in [1.82, 2.24) is 14.7 Å². The van der Waals surface area contributed by atoms with Crippen molar-refractivity contribution in [1.29, 1.82) is 0 Å². The zero-order valence-electron chi connectivity index (χ0n) is 9.12. The van der Waals surface area contributed by atoms with Crippen molar-refractivity contribution in [2.45, 2.75) is 18.9 Å². The fourth-order valence-electron chi connectivity index (χ4n) is 1.27. The van der Waals surface area contributed by atoms with Crippen LogP contribution in [0.5, 0.6) is 0 Å². The summed E-state index contributed by atoms with van der Waals surface area (Å²) in [4.78, 5) is 13.2. The minimum Gasteiger partial charge on any atom is -0.337 e. The molecule has 20 heavy (non-hydrogen) atoms. The second-order valence-electron chi connectivity index (χ2n) is 3.48. The summed E-state index contributed by atoms with van der Waals surface area (Å²) in [7, 11) is 0. The van der Waals surface area contributed by atoms with E-state index in [2.05, 4.69) is 14.7 Å². The predicted molar refractivity (Wildman–Crippen MR) is 52.0 cm³/mol. The highest BCUT2D eigenvalue weighted by Gasteiger charge is 2.38. The van der Waals surface area contributed by atoms with Crippen molar-refractivity contribution in [3.05, 3.63) is 32.5 Å². The molecule has 2 rings (SSSR count). The SMILES string of the molecule is O=c1scc(C(F)(F)F)n1Cc1nc(C(F)(F)F)no1. The van der Waals surface area contributed by atoms with Gasteiger partial charge in [-0.05, 0) is 0 Å². The summed E-state index contributed by atoms with van der Waals surface area (Å²) in [5.74, 6) is -2.37. The van der Waals surface area contributed by atoms with E-state index < -0.39 is 41.2 Å². The maximum atomic E-state index is 12.6. The molecule has 0 fully saturated rings. The average Bonchev–Trinajstić information content (AvgIpc) is 2.85. The molecule has 12 heteroatoms. The summed E-state index contributed by atoms with van der Waals surface area (Å²) in [6, 6.07) is 0. The Bertz CT molecular complexity index is 667. The number of hydrogen-bond acceptors (Lipinski definition) is 5. The molecule has 2 aromatic heterocycles. The van der Waals surface area contributed by atoms with Gasteiger partial charge in [0.2, 0.25) is 5.89 Å². The lowest BCUT2D eigenvalue weighted by atomic mass is 10.4. The Morgan fingerprint density at radius 1 is 1.20 bits per heavy atom. The van der Waals surface area contributed by atoms with E-state index in [-0.39, 0.29) is 15.9 Å². The molecule has 0 saturated carbocycles. The van der Waals surface area contributed by atoms with Crippen LogP contribution < -0.4 is 4.87 Å². The van der Waals surface area contributed by atoms with Crippen LogP contribution in [0.1, 0.15) is 17.4 Å². The highest BCUT2D eigenvalue weighted by atomic mass is 32.1. The van der Waals surface area contributed by atoms with Gasteiger partial charge in [0.15, 0.2) is 0 Å². The third-order valence-electron chi connectivity index (χ3n) is 2.09. The van der Waals surface area contributed by atoms with Crippen LogP contribution >= 0.6 is 11.3 Å². The molecule has 0 aliphatic rings. The molecule has 0 N–H and O–H groups in total. The fraction of sp³-hybridized carbons (Fsp3) is 0.375. The molecule has 0 atom stereocenters. The first kappa shape index (κ1) is 14.6. The first-order valence-electron chi connectivity index (χ1n) is 4.74. The molecule has 5 nitrogen and oxygen atoms in total. The van der Waals surface area contributed by atoms with Crippen LogP contribution in [0.25, 0.3) is 0 Å². The van der Waals surface area contributed by atoms with Crippen molar-refractivity contribution in [3.63, 3.8) is 0 Å². The molecular weight excluding hydrogens is 316 g/mol. The third kappa shape index (κ3) is 2.84. The van der Waals surface area contributed by atoms with E-state index in [4.69, 9.17) is 0 Å². The molecule has 0 radical (unpaired) electrons. The van der Waals surface area contributed by atoms with Gasteiger partial charge in [-0.15, -0.1) is 0 Å². The number of thiazole rings is 1. The molecule has 0 aromatic carbocycles. The van der Waals surface area contributed by atoms with Crippen molar-refractivity contribution >= 4 is 11.3 Å². The Labute approximate surface area is 109 Å². The van der Waals surface area contributed by atoms with Crippen LogP contribution in [0.4, 0.5) is 26.3 Å². The lowest BCUT2D eigenvalue weighted by Crippen LogP contribution is -2.22. The maximum absolute atomic E-state index is 12.6. The minimum atomic E-state index is -4.88. The molecule has 0 aliphatic heterocycles. The van der Waals surface area contributed by atoms with E-state index in [0.717, 1.165) is 0 Å². The zero-order valence-corrected chi connectivity index (χ0v) is 9.94. The van der Waals surface area contributed by atoms with Crippen LogP contribution in [-0.2, 0) is 18.9 Å². The lowest BCUT2D eigenvalue weighted by Gasteiger charge is -2.07. The van der Waals surface area contributed by atoms with Crippen LogP contribution in [0.2, 0.25) is 0 Å². The molecule has 110 valence electrons. The summed E-state index contributed by atoms with van der Waals surface area (Å²) in [6.45, 7) is -0.889. The van der Waals surface area contributed by atoms with E-state index >= 15 is 0 Å². The van der Waals surface area contributed by atoms with Gasteiger partial charge in [-0.3, -0.25) is 9.36 Å². The number of rotatable bonds is 2. The number of nitrogens with zero attached hydrogens (tertiary/aromatic N) is 3. The molecule has 0 unspecified atom stereocenters. The van der Waals surface area contributed by atoms with Gasteiger partial charge in [0, 0.05) is 5.38 Å². The lowest BCUT2D eigenvalue weighted by molar-refractivity contribution is -0.146. The quantitative estimate of drug-likeness (QED) is 0.798. The molecule has 0 spiro atoms. The largest absolute Gasteiger partial charge is 0.455 e. The summed E-state index contributed by atoms with van der Waals surface area (Å²) >= 11 is 0.265. The third-order valence-corrected chi connectivity index (χ3v) is 2.85. The Hall–Kier alpha value is -1.85. The molecule has 0 aliphatic carbocycles. The first-order chi connectivity index (χ1) is 9.09. The van der Waals surface area contributed by atoms with E-state index in [1.54, 1.807) is 0 Å². The van der Waals surface area contributed by atoms with Crippen LogP contribution in [0, 0.1) is 0 Å². The topological polar surface area (TPSA) is 60.9 Å². The van der Waals surface area contributed by atoms with Crippen molar-refractivity contribution in [2.24, 2.45) is 0 Å². The smallest absolute Gasteiger partial charge is 0.337 e. The second-order valence-corrected chi connectivity index (χ2v) is 4.30. The highest BCUT2D eigenvalue weighted by Crippen LogP contribution is 2.30. The van der Waals surface area contributed by atoms with Gasteiger partial charge in [0.1, 0.15) is 12.2 Å². The van der Waals surface area contributed by atoms with Gasteiger partial charge in [-0.25, -0.2) is 0 Å². The number of alkyl halides is 6. The van der Waals surface area contributed by atoms with Gasteiger partial charge in [0.05, 0.1) is 0 Å². The molecule has 2 aromatic rings. The molecule has 0 bridgehead atoms. The maximum Gasteiger partial charge on any atom is 0.455 e. The molecular formula is C8H3F6N3O2S. The van der Waals surface area contributed by atoms with Gasteiger partial charge < -0.3 is 4.52 Å². The Morgan fingerprint density at radius 2 is 1.85 bits per heavy atom. The van der Waals surface area contributed by atoms with Gasteiger partial charge in [-0.1, -0.05) is 16.5 Å². The van der Waals surface area contributed by atoms with Gasteiger partial charge in [-0.2, -0.15) is 31.3 Å². The van der Waals surface area contributed by atoms with E-state index in [1.165, 1.54) is 0 Å². The van der Waals surface area contributed by atoms with Crippen LogP contribution in [-0.4, -0.2) is 14.7 Å². The predicted octanol–water partition coefficient (Wildman–Crippen LogP) is 2.38. The molecule has 0 amide bonds. The van der Waals surface area contributed by atoms with Crippen molar-refractivity contribution < 1.29 is 30.9 Å². The highest BCUT2D eigenvalue weighted by molar-refractivity contribution is 7.07. The Balaban J connectivity index is 2.34. The number of hydrogen-bond donors (Lipinski definition) is 0. The first-order valence-corrected chi connectivity index (χ1v) is 5.62. The van der Waals surface area contributed by atoms with E-state index in [9.17, 15) is 31.1 Å². The number of halogens is 6. The Kier molecular flexibility index (Phi) is 3.36. The summed E-state index contributed by atoms with van der Waals surface area (Å²) < 4.78 is 78.7. The average molecular weight is 319 g/mol. The standard InChI is InChI=1S/C8H3F6N3O2S/c9-7(10,11)3-2-20-6(18)17(3)1-4-15-5(16-19-4)8(12,13)14/h2H,1H2. The monoisotopic (exact) mass is 319 g/mol. The summed E-state index contributed by atoms with van der Waals surface area (Å²) in [5.41, 5.74) is -1.29. The van der Waals surface area contributed by atoms with Crippen molar-refractivity contribution in [2.75, 3.05) is 0 Å². The van der Waals surface area contributed by atoms with E-state index in [1.807, 2.05) is 0 Å². The van der Waals surface area contributed by atoms with Crippen molar-refractivity contribution in [3.8, 4) is 0 Å². The van der Waals surface area contributed by atoms with E-state index in [0.29, 0.717) is 5.38 Å². The second kappa shape index (κ2) is 4.61. The zero-order chi connectivity index (χ0) is 15.1. The van der Waals surface area contributed by atoms with Gasteiger partial charge in [0.25, 0.3) is 5.82 Å². The fourth-order valence-corrected chi connectivity index (χ4v) is 2.03. The molecule has 2 heterocycles. The summed E-state index contributed by atoms with van der Waals surface area (Å²) in [5, 5.41) is 3.14. The van der Waals surface area contributed by atoms with Crippen LogP contribution in [0.3, 0.4) is 0 Å². The normalized spacial score (nSPS) is 12.9.